The monoisotopic (exact) mass is 313 g/mol. The Hall–Kier alpha value is -1.79. The summed E-state index contributed by atoms with van der Waals surface area (Å²) in [5.41, 5.74) is 0.384. The topological polar surface area (TPSA) is 60.2 Å². The van der Waals surface area contributed by atoms with E-state index in [1.807, 2.05) is 0 Å². The summed E-state index contributed by atoms with van der Waals surface area (Å²) in [5.74, 6) is -0.397. The van der Waals surface area contributed by atoms with E-state index in [1.165, 1.54) is 36.4 Å². The van der Waals surface area contributed by atoms with Crippen molar-refractivity contribution in [1.29, 1.82) is 0 Å². The van der Waals surface area contributed by atoms with E-state index in [0.717, 1.165) is 0 Å². The summed E-state index contributed by atoms with van der Waals surface area (Å²) in [4.78, 5) is 10.4. The molecule has 0 N–H and O–H groups in total. The fourth-order valence-electron chi connectivity index (χ4n) is 1.60. The van der Waals surface area contributed by atoms with Gasteiger partial charge in [0.15, 0.2) is 0 Å². The van der Waals surface area contributed by atoms with Crippen LogP contribution in [0.15, 0.2) is 47.4 Å². The summed E-state index contributed by atoms with van der Waals surface area (Å²) in [5, 5.41) is 10.8. The number of benzene rings is 2. The van der Waals surface area contributed by atoms with Crippen LogP contribution in [-0.2, 0) is 16.6 Å². The highest BCUT2D eigenvalue weighted by molar-refractivity contribution is 7.84. The Kier molecular flexibility index (Phi) is 4.46. The van der Waals surface area contributed by atoms with Gasteiger partial charge in [0, 0.05) is 17.0 Å². The van der Waals surface area contributed by atoms with Gasteiger partial charge in [0.1, 0.15) is 5.82 Å². The van der Waals surface area contributed by atoms with Crippen LogP contribution < -0.4 is 0 Å². The van der Waals surface area contributed by atoms with Crippen molar-refractivity contribution in [2.45, 2.75) is 10.6 Å². The molecule has 0 saturated carbocycles. The number of rotatable bonds is 4. The fraction of sp³-hybridized carbons (Fsp3) is 0.0769. The number of nitrogens with zero attached hydrogens (tertiary/aromatic N) is 1. The molecule has 104 valence electrons. The van der Waals surface area contributed by atoms with Gasteiger partial charge in [-0.25, -0.2) is 4.39 Å². The van der Waals surface area contributed by atoms with Crippen LogP contribution in [0.2, 0.25) is 5.02 Å². The summed E-state index contributed by atoms with van der Waals surface area (Å²) < 4.78 is 25.1. The van der Waals surface area contributed by atoms with E-state index in [9.17, 15) is 18.7 Å². The molecular weight excluding hydrogens is 305 g/mol. The van der Waals surface area contributed by atoms with Gasteiger partial charge in [0.25, 0.3) is 5.69 Å². The zero-order valence-corrected chi connectivity index (χ0v) is 11.7. The minimum Gasteiger partial charge on any atom is -0.258 e. The molecule has 20 heavy (non-hydrogen) atoms. The quantitative estimate of drug-likeness (QED) is 0.639. The van der Waals surface area contributed by atoms with Gasteiger partial charge >= 0.3 is 0 Å². The van der Waals surface area contributed by atoms with E-state index >= 15 is 0 Å². The van der Waals surface area contributed by atoms with Gasteiger partial charge in [-0.05, 0) is 29.8 Å². The van der Waals surface area contributed by atoms with E-state index in [2.05, 4.69) is 0 Å². The van der Waals surface area contributed by atoms with Crippen molar-refractivity contribution in [3.05, 3.63) is 69.0 Å². The molecule has 2 aromatic rings. The fourth-order valence-corrected chi connectivity index (χ4v) is 3.10. The van der Waals surface area contributed by atoms with Crippen LogP contribution in [0, 0.1) is 15.9 Å². The predicted molar refractivity (Wildman–Crippen MR) is 74.6 cm³/mol. The normalized spacial score (nSPS) is 12.1. The third kappa shape index (κ3) is 3.40. The minimum absolute atomic E-state index is 0.0697. The molecule has 0 bridgehead atoms. The highest BCUT2D eigenvalue weighted by Crippen LogP contribution is 2.25. The molecule has 2 aromatic carbocycles. The second-order valence-electron chi connectivity index (χ2n) is 3.98. The maximum absolute atomic E-state index is 13.1. The smallest absolute Gasteiger partial charge is 0.258 e. The third-order valence-electron chi connectivity index (χ3n) is 2.59. The first kappa shape index (κ1) is 14.6. The summed E-state index contributed by atoms with van der Waals surface area (Å²) in [6.07, 6.45) is 0. The van der Waals surface area contributed by atoms with E-state index in [4.69, 9.17) is 11.6 Å². The zero-order chi connectivity index (χ0) is 14.7. The molecule has 0 aliphatic carbocycles. The number of hydrogen-bond acceptors (Lipinski definition) is 3. The Morgan fingerprint density at radius 2 is 2.00 bits per heavy atom. The number of halogens is 2. The van der Waals surface area contributed by atoms with Crippen LogP contribution in [0.1, 0.15) is 5.56 Å². The molecule has 0 aliphatic heterocycles. The van der Waals surface area contributed by atoms with Gasteiger partial charge in [0.2, 0.25) is 0 Å². The van der Waals surface area contributed by atoms with Gasteiger partial charge in [-0.1, -0.05) is 17.7 Å². The molecule has 0 amide bonds. The Morgan fingerprint density at radius 1 is 1.25 bits per heavy atom. The summed E-state index contributed by atoms with van der Waals surface area (Å²) in [6, 6.07) is 9.44. The van der Waals surface area contributed by atoms with Crippen molar-refractivity contribution in [2.75, 3.05) is 0 Å². The van der Waals surface area contributed by atoms with Crippen LogP contribution >= 0.6 is 11.6 Å². The van der Waals surface area contributed by atoms with Crippen molar-refractivity contribution < 1.29 is 13.5 Å². The van der Waals surface area contributed by atoms with E-state index < -0.39 is 21.5 Å². The second kappa shape index (κ2) is 6.11. The predicted octanol–water partition coefficient (Wildman–Crippen LogP) is 3.70. The molecule has 7 heteroatoms. The number of nitro benzene ring substituents is 1. The first-order valence-corrected chi connectivity index (χ1v) is 7.24. The Labute approximate surface area is 121 Å². The molecule has 1 atom stereocenters. The van der Waals surface area contributed by atoms with Crippen LogP contribution in [-0.4, -0.2) is 9.13 Å². The van der Waals surface area contributed by atoms with Crippen molar-refractivity contribution in [3.8, 4) is 0 Å². The first-order valence-electron chi connectivity index (χ1n) is 5.54. The molecule has 0 saturated heterocycles. The van der Waals surface area contributed by atoms with Crippen LogP contribution in [0.5, 0.6) is 0 Å². The molecule has 0 spiro atoms. The van der Waals surface area contributed by atoms with Gasteiger partial charge < -0.3 is 0 Å². The number of non-ortho nitro benzene ring substituents is 1. The molecular formula is C13H9ClFNO3S. The molecule has 4 nitrogen and oxygen atoms in total. The van der Waals surface area contributed by atoms with Crippen molar-refractivity contribution >= 4 is 28.1 Å². The number of hydrogen-bond donors (Lipinski definition) is 0. The van der Waals surface area contributed by atoms with E-state index in [1.54, 1.807) is 6.07 Å². The van der Waals surface area contributed by atoms with Crippen molar-refractivity contribution in [1.82, 2.24) is 0 Å². The third-order valence-corrected chi connectivity index (χ3v) is 4.30. The van der Waals surface area contributed by atoms with Gasteiger partial charge in [-0.15, -0.1) is 0 Å². The minimum atomic E-state index is -1.47. The lowest BCUT2D eigenvalue weighted by molar-refractivity contribution is -0.384. The molecule has 0 aromatic heterocycles. The summed E-state index contributed by atoms with van der Waals surface area (Å²) in [6.45, 7) is 0. The van der Waals surface area contributed by atoms with Crippen LogP contribution in [0.3, 0.4) is 0 Å². The highest BCUT2D eigenvalue weighted by atomic mass is 35.5. The molecule has 1 unspecified atom stereocenters. The standard InChI is InChI=1S/C13H9ClFNO3S/c14-13-7-11(16(17)18)5-4-9(13)8-20(19)12-3-1-2-10(15)6-12/h1-7H,8H2. The van der Waals surface area contributed by atoms with E-state index in [0.29, 0.717) is 10.5 Å². The Morgan fingerprint density at radius 3 is 2.60 bits per heavy atom. The molecule has 0 radical (unpaired) electrons. The van der Waals surface area contributed by atoms with Crippen LogP contribution in [0.25, 0.3) is 0 Å². The lowest BCUT2D eigenvalue weighted by atomic mass is 10.2. The highest BCUT2D eigenvalue weighted by Gasteiger charge is 2.13. The van der Waals surface area contributed by atoms with Crippen LogP contribution in [0.4, 0.5) is 10.1 Å². The lowest BCUT2D eigenvalue weighted by Crippen LogP contribution is -1.98. The maximum atomic E-state index is 13.1. The Balaban J connectivity index is 2.22. The van der Waals surface area contributed by atoms with Gasteiger partial charge in [-0.2, -0.15) is 0 Å². The maximum Gasteiger partial charge on any atom is 0.270 e. The average Bonchev–Trinajstić information content (AvgIpc) is 2.40. The average molecular weight is 314 g/mol. The molecule has 0 heterocycles. The molecule has 2 rings (SSSR count). The van der Waals surface area contributed by atoms with E-state index in [-0.39, 0.29) is 16.5 Å². The SMILES string of the molecule is O=[N+]([O-])c1ccc(CS(=O)c2cccc(F)c2)c(Cl)c1. The first-order chi connectivity index (χ1) is 9.47. The van der Waals surface area contributed by atoms with Gasteiger partial charge in [0.05, 0.1) is 26.5 Å². The largest absolute Gasteiger partial charge is 0.270 e. The lowest BCUT2D eigenvalue weighted by Gasteiger charge is -2.05. The van der Waals surface area contributed by atoms with Crippen molar-refractivity contribution in [3.63, 3.8) is 0 Å². The second-order valence-corrected chi connectivity index (χ2v) is 5.84. The Bertz CT molecular complexity index is 693. The van der Waals surface area contributed by atoms with Gasteiger partial charge in [-0.3, -0.25) is 14.3 Å². The summed E-state index contributed by atoms with van der Waals surface area (Å²) >= 11 is 5.92. The molecule has 0 fully saturated rings. The summed E-state index contributed by atoms with van der Waals surface area (Å²) in [7, 11) is -1.47. The number of nitro groups is 1. The van der Waals surface area contributed by atoms with Crippen molar-refractivity contribution in [2.24, 2.45) is 0 Å². The molecule has 0 aliphatic rings. The zero-order valence-electron chi connectivity index (χ0n) is 10.1.